The summed E-state index contributed by atoms with van der Waals surface area (Å²) in [7, 11) is 0. The lowest BCUT2D eigenvalue weighted by Crippen LogP contribution is -2.46. The summed E-state index contributed by atoms with van der Waals surface area (Å²) in [4.78, 5) is 34.2. The van der Waals surface area contributed by atoms with E-state index in [0.29, 0.717) is 25.4 Å². The van der Waals surface area contributed by atoms with E-state index >= 15 is 0 Å². The van der Waals surface area contributed by atoms with Gasteiger partial charge in [-0.05, 0) is 25.2 Å². The van der Waals surface area contributed by atoms with Crippen LogP contribution in [0.25, 0.3) is 0 Å². The Kier molecular flexibility index (Phi) is 5.41. The van der Waals surface area contributed by atoms with Crippen molar-refractivity contribution in [1.29, 1.82) is 0 Å². The lowest BCUT2D eigenvalue weighted by atomic mass is 9.92. The maximum Gasteiger partial charge on any atom is 0.317 e. The molecule has 3 amide bonds. The predicted octanol–water partition coefficient (Wildman–Crippen LogP) is -0.242. The molecule has 102 valence electrons. The van der Waals surface area contributed by atoms with Gasteiger partial charge in [0.2, 0.25) is 5.91 Å². The van der Waals surface area contributed by atoms with Crippen LogP contribution in [0.3, 0.4) is 0 Å². The molecule has 1 aliphatic rings. The average Bonchev–Trinajstić information content (AvgIpc) is 2.34. The summed E-state index contributed by atoms with van der Waals surface area (Å²) >= 11 is 0. The Labute approximate surface area is 105 Å². The van der Waals surface area contributed by atoms with Crippen LogP contribution in [0.4, 0.5) is 4.79 Å². The number of nitrogens with one attached hydrogen (secondary N) is 1. The fourth-order valence-electron chi connectivity index (χ4n) is 2.03. The molecule has 0 aromatic rings. The van der Waals surface area contributed by atoms with Crippen molar-refractivity contribution in [2.45, 2.75) is 25.7 Å². The molecule has 7 heteroatoms. The number of nitrogens with two attached hydrogens (primary N) is 1. The fourth-order valence-corrected chi connectivity index (χ4v) is 2.03. The van der Waals surface area contributed by atoms with Crippen LogP contribution in [0.1, 0.15) is 25.7 Å². The highest BCUT2D eigenvalue weighted by Gasteiger charge is 2.23. The van der Waals surface area contributed by atoms with Crippen LogP contribution in [-0.4, -0.2) is 47.5 Å². The largest absolute Gasteiger partial charge is 0.481 e. The van der Waals surface area contributed by atoms with Crippen molar-refractivity contribution >= 4 is 17.9 Å². The number of hydrogen-bond acceptors (Lipinski definition) is 3. The van der Waals surface area contributed by atoms with Crippen molar-refractivity contribution in [1.82, 2.24) is 10.2 Å². The fraction of sp³-hybridized carbons (Fsp3) is 0.727. The zero-order chi connectivity index (χ0) is 13.5. The van der Waals surface area contributed by atoms with Gasteiger partial charge < -0.3 is 21.1 Å². The molecule has 1 aliphatic heterocycles. The number of rotatable bonds is 5. The number of likely N-dealkylation sites (tertiary alicyclic amines) is 1. The first-order chi connectivity index (χ1) is 8.49. The molecule has 0 saturated carbocycles. The molecule has 1 heterocycles. The number of primary amides is 1. The zero-order valence-electron chi connectivity index (χ0n) is 10.2. The number of carboxylic acid groups (broad SMARTS) is 1. The number of aliphatic carboxylic acids is 1. The number of carboxylic acids is 1. The molecular formula is C11H19N3O4. The first-order valence-corrected chi connectivity index (χ1v) is 6.02. The van der Waals surface area contributed by atoms with Crippen LogP contribution in [0.5, 0.6) is 0 Å². The number of nitrogens with zero attached hydrogens (tertiary/aromatic N) is 1. The van der Waals surface area contributed by atoms with E-state index in [1.165, 1.54) is 0 Å². The van der Waals surface area contributed by atoms with Gasteiger partial charge in [-0.3, -0.25) is 9.59 Å². The monoisotopic (exact) mass is 257 g/mol. The first kappa shape index (κ1) is 14.3. The van der Waals surface area contributed by atoms with E-state index in [9.17, 15) is 14.4 Å². The SMILES string of the molecule is NC(=O)CNC(=O)N1CCC(CCC(=O)O)CC1. The summed E-state index contributed by atoms with van der Waals surface area (Å²) in [5.41, 5.74) is 4.93. The Morgan fingerprint density at radius 3 is 2.39 bits per heavy atom. The number of carbonyl (C=O) groups excluding carboxylic acids is 2. The molecule has 0 aromatic carbocycles. The Morgan fingerprint density at radius 2 is 1.89 bits per heavy atom. The van der Waals surface area contributed by atoms with Gasteiger partial charge in [-0.15, -0.1) is 0 Å². The smallest absolute Gasteiger partial charge is 0.317 e. The second-order valence-corrected chi connectivity index (χ2v) is 4.49. The number of urea groups is 1. The topological polar surface area (TPSA) is 113 Å². The summed E-state index contributed by atoms with van der Waals surface area (Å²) in [6, 6.07) is -0.287. The molecule has 0 unspecified atom stereocenters. The lowest BCUT2D eigenvalue weighted by molar-refractivity contribution is -0.137. The molecule has 0 aliphatic carbocycles. The van der Waals surface area contributed by atoms with E-state index < -0.39 is 11.9 Å². The Bertz CT molecular complexity index is 324. The molecule has 4 N–H and O–H groups in total. The van der Waals surface area contributed by atoms with Gasteiger partial charge in [0.25, 0.3) is 0 Å². The minimum absolute atomic E-state index is 0.155. The van der Waals surface area contributed by atoms with Crippen molar-refractivity contribution < 1.29 is 19.5 Å². The first-order valence-electron chi connectivity index (χ1n) is 6.02. The van der Waals surface area contributed by atoms with Crippen LogP contribution in [0.2, 0.25) is 0 Å². The summed E-state index contributed by atoms with van der Waals surface area (Å²) in [6.45, 7) is 1.03. The number of hydrogen-bond donors (Lipinski definition) is 3. The molecule has 0 spiro atoms. The molecular weight excluding hydrogens is 238 g/mol. The lowest BCUT2D eigenvalue weighted by Gasteiger charge is -2.31. The second kappa shape index (κ2) is 6.83. The van der Waals surface area contributed by atoms with Gasteiger partial charge >= 0.3 is 12.0 Å². The summed E-state index contributed by atoms with van der Waals surface area (Å²) in [5.74, 6) is -0.988. The van der Waals surface area contributed by atoms with E-state index in [2.05, 4.69) is 5.32 Å². The second-order valence-electron chi connectivity index (χ2n) is 4.49. The van der Waals surface area contributed by atoms with Gasteiger partial charge in [0.15, 0.2) is 0 Å². The molecule has 18 heavy (non-hydrogen) atoms. The van der Waals surface area contributed by atoms with E-state index in [-0.39, 0.29) is 19.0 Å². The number of amides is 3. The van der Waals surface area contributed by atoms with E-state index in [1.807, 2.05) is 0 Å². The van der Waals surface area contributed by atoms with E-state index in [0.717, 1.165) is 12.8 Å². The Balaban J connectivity index is 2.24. The highest BCUT2D eigenvalue weighted by Crippen LogP contribution is 2.21. The molecule has 0 atom stereocenters. The van der Waals surface area contributed by atoms with E-state index in [4.69, 9.17) is 10.8 Å². The summed E-state index contributed by atoms with van der Waals surface area (Å²) in [5, 5.41) is 11.0. The van der Waals surface area contributed by atoms with Crippen LogP contribution in [-0.2, 0) is 9.59 Å². The van der Waals surface area contributed by atoms with Crippen LogP contribution < -0.4 is 11.1 Å². The minimum Gasteiger partial charge on any atom is -0.481 e. The number of carbonyl (C=O) groups is 3. The van der Waals surface area contributed by atoms with Crippen molar-refractivity contribution in [2.24, 2.45) is 11.7 Å². The Morgan fingerprint density at radius 1 is 1.28 bits per heavy atom. The van der Waals surface area contributed by atoms with Crippen molar-refractivity contribution in [3.63, 3.8) is 0 Å². The normalized spacial score (nSPS) is 16.3. The summed E-state index contributed by atoms with van der Waals surface area (Å²) < 4.78 is 0. The third-order valence-electron chi connectivity index (χ3n) is 3.08. The van der Waals surface area contributed by atoms with Crippen molar-refractivity contribution in [2.75, 3.05) is 19.6 Å². The molecule has 1 saturated heterocycles. The highest BCUT2D eigenvalue weighted by molar-refractivity contribution is 5.82. The maximum atomic E-state index is 11.6. The third kappa shape index (κ3) is 5.03. The van der Waals surface area contributed by atoms with Crippen molar-refractivity contribution in [3.05, 3.63) is 0 Å². The summed E-state index contributed by atoms with van der Waals surface area (Å²) in [6.07, 6.45) is 2.44. The van der Waals surface area contributed by atoms with Crippen LogP contribution in [0, 0.1) is 5.92 Å². The van der Waals surface area contributed by atoms with Gasteiger partial charge in [0, 0.05) is 19.5 Å². The van der Waals surface area contributed by atoms with Gasteiger partial charge in [-0.1, -0.05) is 0 Å². The van der Waals surface area contributed by atoms with Crippen molar-refractivity contribution in [3.8, 4) is 0 Å². The Hall–Kier alpha value is -1.79. The van der Waals surface area contributed by atoms with Gasteiger partial charge in [0.05, 0.1) is 6.54 Å². The third-order valence-corrected chi connectivity index (χ3v) is 3.08. The highest BCUT2D eigenvalue weighted by atomic mass is 16.4. The molecule has 0 radical (unpaired) electrons. The van der Waals surface area contributed by atoms with Gasteiger partial charge in [-0.2, -0.15) is 0 Å². The van der Waals surface area contributed by atoms with Gasteiger partial charge in [0.1, 0.15) is 0 Å². The zero-order valence-corrected chi connectivity index (χ0v) is 10.2. The average molecular weight is 257 g/mol. The molecule has 0 aromatic heterocycles. The molecule has 1 fully saturated rings. The maximum absolute atomic E-state index is 11.6. The molecule has 7 nitrogen and oxygen atoms in total. The minimum atomic E-state index is -0.781. The van der Waals surface area contributed by atoms with Crippen LogP contribution >= 0.6 is 0 Å². The predicted molar refractivity (Wildman–Crippen MR) is 63.8 cm³/mol. The number of piperidine rings is 1. The standard InChI is InChI=1S/C11H19N3O4/c12-9(15)7-13-11(18)14-5-3-8(4-6-14)1-2-10(16)17/h8H,1-7H2,(H2,12,15)(H,13,18)(H,16,17). The van der Waals surface area contributed by atoms with E-state index in [1.54, 1.807) is 4.90 Å². The van der Waals surface area contributed by atoms with Gasteiger partial charge in [-0.25, -0.2) is 4.79 Å². The quantitative estimate of drug-likeness (QED) is 0.630. The molecule has 1 rings (SSSR count). The van der Waals surface area contributed by atoms with Crippen LogP contribution in [0.15, 0.2) is 0 Å². The molecule has 0 bridgehead atoms.